The minimum absolute atomic E-state index is 0.0654. The van der Waals surface area contributed by atoms with Gasteiger partial charge >= 0.3 is 0 Å². The highest BCUT2D eigenvalue weighted by Crippen LogP contribution is 2.31. The predicted molar refractivity (Wildman–Crippen MR) is 85.7 cm³/mol. The summed E-state index contributed by atoms with van der Waals surface area (Å²) >= 11 is 0. The molecule has 24 heavy (non-hydrogen) atoms. The SMILES string of the molecule is Fc1c(F)c(F)c(-c2ccc(Pc3ccccc3)cc2)c(F)c1F. The van der Waals surface area contributed by atoms with Crippen molar-refractivity contribution in [1.29, 1.82) is 0 Å². The molecule has 0 bridgehead atoms. The first-order chi connectivity index (χ1) is 11.5. The van der Waals surface area contributed by atoms with Gasteiger partial charge in [-0.1, -0.05) is 63.2 Å². The molecule has 0 amide bonds. The Morgan fingerprint density at radius 2 is 0.958 bits per heavy atom. The van der Waals surface area contributed by atoms with Crippen LogP contribution in [0.25, 0.3) is 11.1 Å². The summed E-state index contributed by atoms with van der Waals surface area (Å²) in [5.74, 6) is -9.71. The summed E-state index contributed by atoms with van der Waals surface area (Å²) in [7, 11) is 0.323. The van der Waals surface area contributed by atoms with Crippen LogP contribution in [0.2, 0.25) is 0 Å². The molecule has 0 aliphatic heterocycles. The van der Waals surface area contributed by atoms with Crippen molar-refractivity contribution in [2.24, 2.45) is 0 Å². The Labute approximate surface area is 136 Å². The standard InChI is InChI=1S/C18H10F5P/c19-14-13(15(20)17(22)18(23)16(14)21)10-6-8-12(9-7-10)24-11-4-2-1-3-5-11/h1-9,24H. The van der Waals surface area contributed by atoms with Gasteiger partial charge in [-0.15, -0.1) is 0 Å². The highest BCUT2D eigenvalue weighted by Gasteiger charge is 2.26. The third-order valence-electron chi connectivity index (χ3n) is 3.45. The summed E-state index contributed by atoms with van der Waals surface area (Å²) in [5.41, 5.74) is -0.981. The van der Waals surface area contributed by atoms with Gasteiger partial charge in [0.25, 0.3) is 0 Å². The first-order valence-electron chi connectivity index (χ1n) is 6.93. The van der Waals surface area contributed by atoms with E-state index in [2.05, 4.69) is 0 Å². The molecular formula is C18H10F5P. The predicted octanol–water partition coefficient (Wildman–Crippen LogP) is 4.68. The maximum Gasteiger partial charge on any atom is 0.200 e. The smallest absolute Gasteiger partial charge is 0.200 e. The van der Waals surface area contributed by atoms with Gasteiger partial charge in [0.1, 0.15) is 0 Å². The van der Waals surface area contributed by atoms with Crippen molar-refractivity contribution in [3.05, 3.63) is 83.7 Å². The molecule has 0 aliphatic rings. The van der Waals surface area contributed by atoms with Gasteiger partial charge in [0.05, 0.1) is 5.56 Å². The van der Waals surface area contributed by atoms with Crippen LogP contribution in [0.5, 0.6) is 0 Å². The van der Waals surface area contributed by atoms with E-state index < -0.39 is 34.6 Å². The van der Waals surface area contributed by atoms with E-state index in [0.717, 1.165) is 10.6 Å². The fourth-order valence-electron chi connectivity index (χ4n) is 2.27. The lowest BCUT2D eigenvalue weighted by atomic mass is 10.0. The van der Waals surface area contributed by atoms with Crippen LogP contribution in [0.1, 0.15) is 0 Å². The summed E-state index contributed by atoms with van der Waals surface area (Å²) in [4.78, 5) is 0. The molecule has 3 aromatic rings. The number of halogens is 5. The monoisotopic (exact) mass is 352 g/mol. The first kappa shape index (κ1) is 16.6. The van der Waals surface area contributed by atoms with E-state index in [-0.39, 0.29) is 5.56 Å². The molecule has 3 aromatic carbocycles. The maximum atomic E-state index is 13.8. The second-order valence-electron chi connectivity index (χ2n) is 5.01. The normalized spacial score (nSPS) is 11.4. The Morgan fingerprint density at radius 3 is 1.50 bits per heavy atom. The fourth-order valence-corrected chi connectivity index (χ4v) is 3.29. The van der Waals surface area contributed by atoms with Gasteiger partial charge in [0, 0.05) is 0 Å². The first-order valence-corrected chi connectivity index (χ1v) is 7.93. The zero-order valence-corrected chi connectivity index (χ0v) is 13.1. The minimum Gasteiger partial charge on any atom is -0.203 e. The van der Waals surface area contributed by atoms with Crippen molar-refractivity contribution in [1.82, 2.24) is 0 Å². The van der Waals surface area contributed by atoms with Gasteiger partial charge in [-0.25, -0.2) is 22.0 Å². The average Bonchev–Trinajstić information content (AvgIpc) is 2.61. The molecule has 0 heterocycles. The second-order valence-corrected chi connectivity index (χ2v) is 6.42. The van der Waals surface area contributed by atoms with Gasteiger partial charge in [0.2, 0.25) is 5.82 Å². The van der Waals surface area contributed by atoms with Crippen LogP contribution in [-0.2, 0) is 0 Å². The Kier molecular flexibility index (Phi) is 4.63. The fraction of sp³-hybridized carbons (Fsp3) is 0. The van der Waals surface area contributed by atoms with E-state index in [4.69, 9.17) is 0 Å². The van der Waals surface area contributed by atoms with E-state index in [1.165, 1.54) is 12.1 Å². The quantitative estimate of drug-likeness (QED) is 0.278. The van der Waals surface area contributed by atoms with Crippen LogP contribution in [0.4, 0.5) is 22.0 Å². The molecule has 0 spiro atoms. The van der Waals surface area contributed by atoms with E-state index in [1.54, 1.807) is 12.1 Å². The number of benzene rings is 3. The van der Waals surface area contributed by atoms with E-state index >= 15 is 0 Å². The van der Waals surface area contributed by atoms with E-state index in [0.29, 0.717) is 8.58 Å². The molecule has 0 aliphatic carbocycles. The van der Waals surface area contributed by atoms with Gasteiger partial charge in [-0.3, -0.25) is 0 Å². The third-order valence-corrected chi connectivity index (χ3v) is 4.69. The summed E-state index contributed by atoms with van der Waals surface area (Å²) in [6.07, 6.45) is 0. The Bertz CT molecular complexity index is 847. The lowest BCUT2D eigenvalue weighted by Crippen LogP contribution is -2.05. The molecule has 0 N–H and O–H groups in total. The van der Waals surface area contributed by atoms with Crippen molar-refractivity contribution in [2.45, 2.75) is 0 Å². The van der Waals surface area contributed by atoms with Crippen LogP contribution in [0.3, 0.4) is 0 Å². The van der Waals surface area contributed by atoms with Crippen molar-refractivity contribution < 1.29 is 22.0 Å². The van der Waals surface area contributed by atoms with Crippen LogP contribution >= 0.6 is 8.58 Å². The molecule has 1 unspecified atom stereocenters. The lowest BCUT2D eigenvalue weighted by molar-refractivity contribution is 0.381. The van der Waals surface area contributed by atoms with Crippen molar-refractivity contribution in [3.63, 3.8) is 0 Å². The minimum atomic E-state index is -2.16. The Balaban J connectivity index is 1.97. The van der Waals surface area contributed by atoms with Gasteiger partial charge in [-0.2, -0.15) is 0 Å². The molecule has 122 valence electrons. The van der Waals surface area contributed by atoms with Gasteiger partial charge in [-0.05, 0) is 16.2 Å². The topological polar surface area (TPSA) is 0 Å². The van der Waals surface area contributed by atoms with Crippen molar-refractivity contribution in [3.8, 4) is 11.1 Å². The summed E-state index contributed by atoms with van der Waals surface area (Å²) < 4.78 is 67.3. The molecule has 6 heteroatoms. The summed E-state index contributed by atoms with van der Waals surface area (Å²) in [6.45, 7) is 0. The molecule has 0 fully saturated rings. The van der Waals surface area contributed by atoms with Crippen LogP contribution in [0, 0.1) is 29.1 Å². The molecule has 0 saturated heterocycles. The molecule has 0 aromatic heterocycles. The largest absolute Gasteiger partial charge is 0.203 e. The van der Waals surface area contributed by atoms with E-state index in [1.807, 2.05) is 30.3 Å². The molecule has 0 nitrogen and oxygen atoms in total. The molecular weight excluding hydrogens is 342 g/mol. The lowest BCUT2D eigenvalue weighted by Gasteiger charge is -2.09. The molecule has 3 rings (SSSR count). The van der Waals surface area contributed by atoms with Crippen molar-refractivity contribution in [2.75, 3.05) is 0 Å². The number of hydrogen-bond acceptors (Lipinski definition) is 0. The Hall–Kier alpha value is -2.26. The van der Waals surface area contributed by atoms with E-state index in [9.17, 15) is 22.0 Å². The Morgan fingerprint density at radius 1 is 0.500 bits per heavy atom. The zero-order chi connectivity index (χ0) is 17.3. The maximum absolute atomic E-state index is 13.8. The van der Waals surface area contributed by atoms with Crippen LogP contribution in [0.15, 0.2) is 54.6 Å². The highest BCUT2D eigenvalue weighted by molar-refractivity contribution is 7.55. The summed E-state index contributed by atoms with van der Waals surface area (Å²) in [5, 5.41) is 1.95. The van der Waals surface area contributed by atoms with Crippen LogP contribution < -0.4 is 10.6 Å². The second kappa shape index (κ2) is 6.70. The highest BCUT2D eigenvalue weighted by atomic mass is 31.1. The van der Waals surface area contributed by atoms with Crippen LogP contribution in [-0.4, -0.2) is 0 Å². The molecule has 1 atom stereocenters. The van der Waals surface area contributed by atoms with Gasteiger partial charge < -0.3 is 0 Å². The third kappa shape index (κ3) is 3.04. The number of rotatable bonds is 3. The number of hydrogen-bond donors (Lipinski definition) is 0. The average molecular weight is 352 g/mol. The zero-order valence-electron chi connectivity index (χ0n) is 12.1. The molecule has 0 saturated carbocycles. The van der Waals surface area contributed by atoms with Gasteiger partial charge in [0.15, 0.2) is 23.3 Å². The molecule has 0 radical (unpaired) electrons. The van der Waals surface area contributed by atoms with Crippen molar-refractivity contribution >= 4 is 19.2 Å². The summed E-state index contributed by atoms with van der Waals surface area (Å²) in [6, 6.07) is 15.5.